The van der Waals surface area contributed by atoms with Crippen LogP contribution in [0.2, 0.25) is 10.0 Å². The van der Waals surface area contributed by atoms with Crippen LogP contribution in [-0.4, -0.2) is 0 Å². The summed E-state index contributed by atoms with van der Waals surface area (Å²) in [4.78, 5) is 0. The van der Waals surface area contributed by atoms with E-state index in [0.29, 0.717) is 27.9 Å². The first-order chi connectivity index (χ1) is 9.08. The van der Waals surface area contributed by atoms with Gasteiger partial charge in [0.15, 0.2) is 0 Å². The molecule has 19 heavy (non-hydrogen) atoms. The van der Waals surface area contributed by atoms with E-state index in [-0.39, 0.29) is 12.4 Å². The fraction of sp³-hybridized carbons (Fsp3) is 0.143. The Kier molecular flexibility index (Phi) is 4.64. The minimum absolute atomic E-state index is 0.105. The lowest BCUT2D eigenvalue weighted by molar-refractivity contribution is 0.300. The summed E-state index contributed by atoms with van der Waals surface area (Å²) in [6, 6.07) is 9.69. The summed E-state index contributed by atoms with van der Waals surface area (Å²) in [7, 11) is 0. The van der Waals surface area contributed by atoms with Gasteiger partial charge in [0.25, 0.3) is 0 Å². The molecule has 0 amide bonds. The van der Waals surface area contributed by atoms with Gasteiger partial charge in [-0.3, -0.25) is 0 Å². The number of hydrogen-bond donors (Lipinski definition) is 1. The van der Waals surface area contributed by atoms with Gasteiger partial charge in [-0.1, -0.05) is 35.3 Å². The van der Waals surface area contributed by atoms with Crippen molar-refractivity contribution < 1.29 is 9.13 Å². The number of halogens is 3. The molecule has 2 nitrogen and oxygen atoms in total. The molecule has 0 heterocycles. The van der Waals surface area contributed by atoms with E-state index < -0.39 is 0 Å². The molecule has 0 bridgehead atoms. The zero-order chi connectivity index (χ0) is 13.8. The van der Waals surface area contributed by atoms with Gasteiger partial charge in [0.1, 0.15) is 18.2 Å². The quantitative estimate of drug-likeness (QED) is 0.919. The van der Waals surface area contributed by atoms with Gasteiger partial charge in [-0.2, -0.15) is 0 Å². The Hall–Kier alpha value is -1.29. The van der Waals surface area contributed by atoms with Crippen LogP contribution in [-0.2, 0) is 13.2 Å². The lowest BCUT2D eigenvalue weighted by atomic mass is 10.1. The number of rotatable bonds is 4. The highest BCUT2D eigenvalue weighted by atomic mass is 35.5. The Morgan fingerprint density at radius 1 is 1.05 bits per heavy atom. The van der Waals surface area contributed by atoms with Gasteiger partial charge in [0, 0.05) is 22.2 Å². The molecule has 0 aliphatic carbocycles. The molecule has 5 heteroatoms. The highest BCUT2D eigenvalue weighted by molar-refractivity contribution is 6.34. The van der Waals surface area contributed by atoms with Crippen molar-refractivity contribution in [3.63, 3.8) is 0 Å². The average Bonchev–Trinajstić information content (AvgIpc) is 2.36. The minimum Gasteiger partial charge on any atom is -0.489 e. The fourth-order valence-electron chi connectivity index (χ4n) is 1.61. The standard InChI is InChI=1S/C14H12Cl2FNO/c15-11-4-12(16)6-13(5-11)19-8-10-2-1-9(7-18)3-14(10)17/h1-6H,7-8,18H2. The molecule has 100 valence electrons. The highest BCUT2D eigenvalue weighted by Gasteiger charge is 2.05. The van der Waals surface area contributed by atoms with Crippen LogP contribution in [0.4, 0.5) is 4.39 Å². The summed E-state index contributed by atoms with van der Waals surface area (Å²) in [6.07, 6.45) is 0. The Morgan fingerprint density at radius 3 is 2.32 bits per heavy atom. The smallest absolute Gasteiger partial charge is 0.130 e. The molecule has 2 aromatic rings. The molecule has 0 unspecified atom stereocenters. The molecule has 2 aromatic carbocycles. The number of hydrogen-bond acceptors (Lipinski definition) is 2. The Balaban J connectivity index is 2.10. The molecule has 0 radical (unpaired) electrons. The first-order valence-electron chi connectivity index (χ1n) is 5.65. The number of nitrogens with two attached hydrogens (primary N) is 1. The Bertz CT molecular complexity index is 569. The fourth-order valence-corrected chi connectivity index (χ4v) is 2.11. The third kappa shape index (κ3) is 3.83. The Labute approximate surface area is 120 Å². The van der Waals surface area contributed by atoms with Crippen molar-refractivity contribution in [2.24, 2.45) is 5.73 Å². The van der Waals surface area contributed by atoms with Crippen LogP contribution >= 0.6 is 23.2 Å². The monoisotopic (exact) mass is 299 g/mol. The van der Waals surface area contributed by atoms with Crippen molar-refractivity contribution in [3.8, 4) is 5.75 Å². The number of ether oxygens (including phenoxy) is 1. The van der Waals surface area contributed by atoms with Crippen LogP contribution in [0, 0.1) is 5.82 Å². The van der Waals surface area contributed by atoms with Crippen LogP contribution in [0.1, 0.15) is 11.1 Å². The molecule has 0 saturated heterocycles. The summed E-state index contributed by atoms with van der Waals surface area (Å²) >= 11 is 11.7. The average molecular weight is 300 g/mol. The summed E-state index contributed by atoms with van der Waals surface area (Å²) in [5, 5.41) is 0.947. The van der Waals surface area contributed by atoms with Crippen LogP contribution in [0.5, 0.6) is 5.75 Å². The highest BCUT2D eigenvalue weighted by Crippen LogP contribution is 2.25. The van der Waals surface area contributed by atoms with Crippen LogP contribution in [0.3, 0.4) is 0 Å². The van der Waals surface area contributed by atoms with Crippen LogP contribution in [0.15, 0.2) is 36.4 Å². The lowest BCUT2D eigenvalue weighted by Crippen LogP contribution is -2.02. The summed E-state index contributed by atoms with van der Waals surface area (Å²) in [5.41, 5.74) is 6.63. The Morgan fingerprint density at radius 2 is 1.74 bits per heavy atom. The van der Waals surface area contributed by atoms with E-state index in [4.69, 9.17) is 33.7 Å². The molecule has 0 fully saturated rings. The topological polar surface area (TPSA) is 35.2 Å². The van der Waals surface area contributed by atoms with Gasteiger partial charge >= 0.3 is 0 Å². The molecule has 0 aliphatic heterocycles. The van der Waals surface area contributed by atoms with Gasteiger partial charge in [-0.15, -0.1) is 0 Å². The second-order valence-electron chi connectivity index (χ2n) is 4.02. The predicted octanol–water partition coefficient (Wildman–Crippen LogP) is 4.17. The van der Waals surface area contributed by atoms with E-state index in [1.807, 2.05) is 0 Å². The second-order valence-corrected chi connectivity index (χ2v) is 4.90. The molecule has 2 rings (SSSR count). The largest absolute Gasteiger partial charge is 0.489 e. The van der Waals surface area contributed by atoms with Crippen molar-refractivity contribution >= 4 is 23.2 Å². The SMILES string of the molecule is NCc1ccc(COc2cc(Cl)cc(Cl)c2)c(F)c1. The normalized spacial score (nSPS) is 10.5. The van der Waals surface area contributed by atoms with E-state index in [1.165, 1.54) is 6.07 Å². The van der Waals surface area contributed by atoms with E-state index in [2.05, 4.69) is 0 Å². The van der Waals surface area contributed by atoms with Crippen molar-refractivity contribution in [1.82, 2.24) is 0 Å². The molecular weight excluding hydrogens is 288 g/mol. The third-order valence-corrected chi connectivity index (χ3v) is 3.02. The summed E-state index contributed by atoms with van der Waals surface area (Å²) < 4.78 is 19.2. The van der Waals surface area contributed by atoms with Crippen molar-refractivity contribution in [2.45, 2.75) is 13.2 Å². The lowest BCUT2D eigenvalue weighted by Gasteiger charge is -2.09. The van der Waals surface area contributed by atoms with Gasteiger partial charge in [-0.05, 0) is 29.8 Å². The summed E-state index contributed by atoms with van der Waals surface area (Å²) in [5.74, 6) is 0.163. The van der Waals surface area contributed by atoms with E-state index in [1.54, 1.807) is 30.3 Å². The van der Waals surface area contributed by atoms with Crippen LogP contribution in [0.25, 0.3) is 0 Å². The second kappa shape index (κ2) is 6.24. The number of benzene rings is 2. The van der Waals surface area contributed by atoms with Gasteiger partial charge in [0.2, 0.25) is 0 Å². The zero-order valence-corrected chi connectivity index (χ0v) is 11.5. The summed E-state index contributed by atoms with van der Waals surface area (Å²) in [6.45, 7) is 0.412. The van der Waals surface area contributed by atoms with Crippen molar-refractivity contribution in [2.75, 3.05) is 0 Å². The molecule has 0 spiro atoms. The molecule has 0 saturated carbocycles. The third-order valence-electron chi connectivity index (χ3n) is 2.58. The maximum absolute atomic E-state index is 13.7. The van der Waals surface area contributed by atoms with E-state index >= 15 is 0 Å². The van der Waals surface area contributed by atoms with E-state index in [0.717, 1.165) is 5.56 Å². The predicted molar refractivity (Wildman–Crippen MR) is 75.1 cm³/mol. The molecule has 0 aromatic heterocycles. The van der Waals surface area contributed by atoms with Gasteiger partial charge in [0.05, 0.1) is 0 Å². The maximum atomic E-state index is 13.7. The van der Waals surface area contributed by atoms with Gasteiger partial charge in [-0.25, -0.2) is 4.39 Å². The molecule has 0 aliphatic rings. The molecule has 0 atom stereocenters. The minimum atomic E-state index is -0.337. The van der Waals surface area contributed by atoms with Gasteiger partial charge < -0.3 is 10.5 Å². The van der Waals surface area contributed by atoms with E-state index in [9.17, 15) is 4.39 Å². The zero-order valence-electron chi connectivity index (χ0n) is 10.00. The first-order valence-corrected chi connectivity index (χ1v) is 6.40. The molecular formula is C14H12Cl2FNO. The first kappa shape index (κ1) is 14.1. The van der Waals surface area contributed by atoms with Crippen molar-refractivity contribution in [3.05, 3.63) is 63.4 Å². The maximum Gasteiger partial charge on any atom is 0.130 e. The van der Waals surface area contributed by atoms with Crippen molar-refractivity contribution in [1.29, 1.82) is 0 Å². The van der Waals surface area contributed by atoms with Crippen LogP contribution < -0.4 is 10.5 Å². The molecule has 2 N–H and O–H groups in total.